The zero-order valence-electron chi connectivity index (χ0n) is 11.6. The van der Waals surface area contributed by atoms with Gasteiger partial charge in [-0.1, -0.05) is 13.0 Å². The fraction of sp³-hybridized carbons (Fsp3) is 0.500. The molecule has 0 heterocycles. The summed E-state index contributed by atoms with van der Waals surface area (Å²) >= 11 is 0. The van der Waals surface area contributed by atoms with Crippen molar-refractivity contribution in [3.8, 4) is 0 Å². The Hall–Kier alpha value is -1.55. The highest BCUT2D eigenvalue weighted by Gasteiger charge is 2.14. The summed E-state index contributed by atoms with van der Waals surface area (Å²) in [4.78, 5) is 14.1. The Balaban J connectivity index is 2.75. The monoisotopic (exact) mass is 249 g/mol. The van der Waals surface area contributed by atoms with E-state index < -0.39 is 0 Å². The third-order valence-corrected chi connectivity index (χ3v) is 3.21. The summed E-state index contributed by atoms with van der Waals surface area (Å²) in [7, 11) is 3.91. The third-order valence-electron chi connectivity index (χ3n) is 3.21. The number of nitrogens with one attached hydrogen (secondary N) is 1. The zero-order chi connectivity index (χ0) is 13.7. The molecule has 0 fully saturated rings. The molecule has 0 saturated heterocycles. The average molecular weight is 249 g/mol. The van der Waals surface area contributed by atoms with Crippen LogP contribution in [0.2, 0.25) is 0 Å². The van der Waals surface area contributed by atoms with E-state index in [0.29, 0.717) is 12.1 Å². The van der Waals surface area contributed by atoms with Crippen molar-refractivity contribution in [3.63, 3.8) is 0 Å². The summed E-state index contributed by atoms with van der Waals surface area (Å²) < 4.78 is 0. The molecule has 1 aromatic carbocycles. The number of nitrogens with zero attached hydrogens (tertiary/aromatic N) is 1. The number of hydrogen-bond acceptors (Lipinski definition) is 3. The molecule has 4 nitrogen and oxygen atoms in total. The molecule has 0 spiro atoms. The van der Waals surface area contributed by atoms with Gasteiger partial charge in [0.15, 0.2) is 0 Å². The molecule has 0 aliphatic carbocycles. The van der Waals surface area contributed by atoms with Crippen LogP contribution >= 0.6 is 0 Å². The van der Waals surface area contributed by atoms with E-state index in [1.54, 1.807) is 0 Å². The number of nitrogens with two attached hydrogens (primary N) is 1. The molecule has 100 valence electrons. The van der Waals surface area contributed by atoms with Crippen LogP contribution in [0.1, 0.15) is 24.2 Å². The normalized spacial score (nSPS) is 13.8. The van der Waals surface area contributed by atoms with Crippen molar-refractivity contribution in [3.05, 3.63) is 29.8 Å². The third kappa shape index (κ3) is 3.74. The van der Waals surface area contributed by atoms with E-state index in [1.165, 1.54) is 0 Å². The molecule has 0 aliphatic heterocycles. The minimum atomic E-state index is -0.0495. The Morgan fingerprint density at radius 2 is 2.06 bits per heavy atom. The Labute approximate surface area is 109 Å². The molecule has 0 aromatic heterocycles. The summed E-state index contributed by atoms with van der Waals surface area (Å²) in [5.74, 6) is 0.220. The molecular formula is C14H23N3O. The van der Waals surface area contributed by atoms with Crippen molar-refractivity contribution in [1.82, 2.24) is 5.32 Å². The van der Waals surface area contributed by atoms with Gasteiger partial charge < -0.3 is 16.0 Å². The van der Waals surface area contributed by atoms with Crippen LogP contribution in [0.4, 0.5) is 5.69 Å². The van der Waals surface area contributed by atoms with Gasteiger partial charge in [-0.25, -0.2) is 0 Å². The van der Waals surface area contributed by atoms with Gasteiger partial charge in [0.1, 0.15) is 0 Å². The first-order valence-electron chi connectivity index (χ1n) is 6.24. The number of rotatable bonds is 5. The van der Waals surface area contributed by atoms with Crippen molar-refractivity contribution in [2.75, 3.05) is 25.5 Å². The molecule has 2 atom stereocenters. The second-order valence-corrected chi connectivity index (χ2v) is 4.92. The summed E-state index contributed by atoms with van der Waals surface area (Å²) in [6.45, 7) is 4.57. The van der Waals surface area contributed by atoms with Crippen LogP contribution in [0.3, 0.4) is 0 Å². The van der Waals surface area contributed by atoms with Gasteiger partial charge in [-0.3, -0.25) is 4.79 Å². The van der Waals surface area contributed by atoms with Crippen molar-refractivity contribution in [2.45, 2.75) is 19.9 Å². The van der Waals surface area contributed by atoms with Gasteiger partial charge in [-0.15, -0.1) is 0 Å². The molecule has 0 radical (unpaired) electrons. The fourth-order valence-corrected chi connectivity index (χ4v) is 1.56. The van der Waals surface area contributed by atoms with Crippen LogP contribution in [-0.4, -0.2) is 32.6 Å². The summed E-state index contributed by atoms with van der Waals surface area (Å²) in [5, 5.41) is 2.98. The molecule has 3 N–H and O–H groups in total. The minimum Gasteiger partial charge on any atom is -0.378 e. The van der Waals surface area contributed by atoms with E-state index in [1.807, 2.05) is 57.1 Å². The smallest absolute Gasteiger partial charge is 0.251 e. The van der Waals surface area contributed by atoms with Gasteiger partial charge in [0.25, 0.3) is 5.91 Å². The lowest BCUT2D eigenvalue weighted by atomic mass is 10.0. The average Bonchev–Trinajstić information content (AvgIpc) is 2.37. The summed E-state index contributed by atoms with van der Waals surface area (Å²) in [6, 6.07) is 7.65. The van der Waals surface area contributed by atoms with E-state index in [-0.39, 0.29) is 17.9 Å². The van der Waals surface area contributed by atoms with Crippen molar-refractivity contribution < 1.29 is 4.79 Å². The predicted octanol–water partition coefficient (Wildman–Crippen LogP) is 1.47. The van der Waals surface area contributed by atoms with Crippen LogP contribution < -0.4 is 16.0 Å². The Bertz CT molecular complexity index is 404. The lowest BCUT2D eigenvalue weighted by Crippen LogP contribution is -2.39. The molecule has 0 bridgehead atoms. The number of anilines is 1. The lowest BCUT2D eigenvalue weighted by Gasteiger charge is -2.20. The largest absolute Gasteiger partial charge is 0.378 e. The number of amides is 1. The number of carbonyl (C=O) groups excluding carboxylic acids is 1. The van der Waals surface area contributed by atoms with Gasteiger partial charge in [-0.05, 0) is 37.6 Å². The first-order valence-corrected chi connectivity index (χ1v) is 6.24. The first-order chi connectivity index (χ1) is 8.45. The summed E-state index contributed by atoms with van der Waals surface area (Å²) in [5.41, 5.74) is 7.29. The Kier molecular flexibility index (Phi) is 5.16. The SMILES string of the molecule is CC(CN)C(C)NC(=O)c1cccc(N(C)C)c1. The van der Waals surface area contributed by atoms with Crippen LogP contribution in [0.25, 0.3) is 0 Å². The zero-order valence-corrected chi connectivity index (χ0v) is 11.6. The van der Waals surface area contributed by atoms with Gasteiger partial charge >= 0.3 is 0 Å². The molecule has 4 heteroatoms. The quantitative estimate of drug-likeness (QED) is 0.830. The second kappa shape index (κ2) is 6.40. The lowest BCUT2D eigenvalue weighted by molar-refractivity contribution is 0.0929. The number of carbonyl (C=O) groups is 1. The molecule has 18 heavy (non-hydrogen) atoms. The maximum atomic E-state index is 12.1. The molecule has 0 saturated carbocycles. The fourth-order valence-electron chi connectivity index (χ4n) is 1.56. The van der Waals surface area contributed by atoms with Crippen molar-refractivity contribution in [1.29, 1.82) is 0 Å². The molecular weight excluding hydrogens is 226 g/mol. The first kappa shape index (κ1) is 14.5. The van der Waals surface area contributed by atoms with Gasteiger partial charge in [0.05, 0.1) is 0 Å². The predicted molar refractivity (Wildman–Crippen MR) is 75.9 cm³/mol. The topological polar surface area (TPSA) is 58.4 Å². The van der Waals surface area contributed by atoms with Crippen LogP contribution in [0.5, 0.6) is 0 Å². The van der Waals surface area contributed by atoms with Gasteiger partial charge in [0, 0.05) is 31.4 Å². The van der Waals surface area contributed by atoms with Crippen molar-refractivity contribution >= 4 is 11.6 Å². The maximum absolute atomic E-state index is 12.1. The van der Waals surface area contributed by atoms with E-state index >= 15 is 0 Å². The number of benzene rings is 1. The summed E-state index contributed by atoms with van der Waals surface area (Å²) in [6.07, 6.45) is 0. The molecule has 1 rings (SSSR count). The Morgan fingerprint density at radius 3 is 2.61 bits per heavy atom. The molecule has 0 aliphatic rings. The van der Waals surface area contributed by atoms with E-state index in [2.05, 4.69) is 5.32 Å². The van der Waals surface area contributed by atoms with Crippen LogP contribution in [0.15, 0.2) is 24.3 Å². The van der Waals surface area contributed by atoms with E-state index in [0.717, 1.165) is 5.69 Å². The minimum absolute atomic E-state index is 0.0495. The maximum Gasteiger partial charge on any atom is 0.251 e. The number of hydrogen-bond donors (Lipinski definition) is 2. The van der Waals surface area contributed by atoms with E-state index in [4.69, 9.17) is 5.73 Å². The second-order valence-electron chi connectivity index (χ2n) is 4.92. The van der Waals surface area contributed by atoms with Gasteiger partial charge in [-0.2, -0.15) is 0 Å². The highest BCUT2D eigenvalue weighted by atomic mass is 16.1. The molecule has 2 unspecified atom stereocenters. The highest BCUT2D eigenvalue weighted by molar-refractivity contribution is 5.95. The molecule has 1 aromatic rings. The van der Waals surface area contributed by atoms with Crippen molar-refractivity contribution in [2.24, 2.45) is 11.7 Å². The van der Waals surface area contributed by atoms with Crippen LogP contribution in [-0.2, 0) is 0 Å². The standard InChI is InChI=1S/C14H23N3O/c1-10(9-15)11(2)16-14(18)12-6-5-7-13(8-12)17(3)4/h5-8,10-11H,9,15H2,1-4H3,(H,16,18). The molecule has 1 amide bonds. The van der Waals surface area contributed by atoms with E-state index in [9.17, 15) is 4.79 Å². The van der Waals surface area contributed by atoms with Crippen LogP contribution in [0, 0.1) is 5.92 Å². The Morgan fingerprint density at radius 1 is 1.39 bits per heavy atom. The highest BCUT2D eigenvalue weighted by Crippen LogP contribution is 2.13. The van der Waals surface area contributed by atoms with Gasteiger partial charge in [0.2, 0.25) is 0 Å².